The molecule has 2 atom stereocenters. The number of aromatic nitrogens is 1. The standard InChI is InChI=1S/C20H30N4O4S.2C2HF3O2/c1-3-24-19(25)17-14-22(11-12-28-2)15-18(17)20(24)6-9-23(10-7-20)29(26,27)16-5-4-8-21-13-16;2*3-2(4,5)1(6)7/h4-5,8,13,17-18H,3,6-7,9-12,14-15H2,1-2H3;2*(H,6,7)/t17-,18+;;/m0../s1. The Kier molecular flexibility index (Phi) is 11.9. The molecular formula is C24H32F6N4O8S. The lowest BCUT2D eigenvalue weighted by Crippen LogP contribution is -2.57. The van der Waals surface area contributed by atoms with Crippen molar-refractivity contribution in [2.45, 2.75) is 42.6 Å². The first-order valence-electron chi connectivity index (χ1n) is 12.9. The van der Waals surface area contributed by atoms with Crippen molar-refractivity contribution < 1.29 is 64.1 Å². The zero-order chi connectivity index (χ0) is 32.8. The third-order valence-corrected chi connectivity index (χ3v) is 9.36. The fourth-order valence-corrected chi connectivity index (χ4v) is 6.98. The summed E-state index contributed by atoms with van der Waals surface area (Å²) in [6.07, 6.45) is -5.82. The molecule has 0 aromatic carbocycles. The predicted octanol–water partition coefficient (Wildman–Crippen LogP) is 1.93. The molecule has 0 unspecified atom stereocenters. The number of hydrogen-bond acceptors (Lipinski definition) is 8. The average molecular weight is 651 g/mol. The Morgan fingerprint density at radius 2 is 1.60 bits per heavy atom. The molecule has 3 aliphatic heterocycles. The maximum Gasteiger partial charge on any atom is 0.490 e. The molecule has 3 aliphatic rings. The second kappa shape index (κ2) is 14.2. The first kappa shape index (κ1) is 36.2. The molecule has 2 N–H and O–H groups in total. The molecule has 1 aromatic rings. The van der Waals surface area contributed by atoms with Crippen molar-refractivity contribution in [1.82, 2.24) is 19.1 Å². The number of sulfonamides is 1. The van der Waals surface area contributed by atoms with Gasteiger partial charge in [0, 0.05) is 64.7 Å². The van der Waals surface area contributed by atoms with Crippen LogP contribution in [0.2, 0.25) is 0 Å². The third-order valence-electron chi connectivity index (χ3n) is 7.48. The van der Waals surface area contributed by atoms with Crippen LogP contribution in [0.25, 0.3) is 0 Å². The van der Waals surface area contributed by atoms with Gasteiger partial charge in [-0.1, -0.05) is 0 Å². The molecule has 0 bridgehead atoms. The van der Waals surface area contributed by atoms with E-state index in [1.165, 1.54) is 6.20 Å². The van der Waals surface area contributed by atoms with Gasteiger partial charge in [-0.3, -0.25) is 14.7 Å². The van der Waals surface area contributed by atoms with Crippen LogP contribution in [0.3, 0.4) is 0 Å². The zero-order valence-corrected chi connectivity index (χ0v) is 24.0. The number of rotatable bonds is 6. The van der Waals surface area contributed by atoms with Crippen molar-refractivity contribution in [3.05, 3.63) is 24.5 Å². The minimum Gasteiger partial charge on any atom is -0.475 e. The molecule has 43 heavy (non-hydrogen) atoms. The predicted molar refractivity (Wildman–Crippen MR) is 135 cm³/mol. The number of fused-ring (bicyclic) bond motifs is 2. The highest BCUT2D eigenvalue weighted by Crippen LogP contribution is 2.49. The Bertz CT molecular complexity index is 1200. The van der Waals surface area contributed by atoms with E-state index in [1.54, 1.807) is 29.7 Å². The van der Waals surface area contributed by atoms with Crippen molar-refractivity contribution in [2.24, 2.45) is 11.8 Å². The minimum atomic E-state index is -5.08. The Morgan fingerprint density at radius 1 is 1.07 bits per heavy atom. The maximum absolute atomic E-state index is 13.1. The number of alkyl halides is 6. The Labute approximate surface area is 243 Å². The van der Waals surface area contributed by atoms with Gasteiger partial charge in [-0.05, 0) is 31.9 Å². The summed E-state index contributed by atoms with van der Waals surface area (Å²) in [5.74, 6) is -5.00. The number of ether oxygens (including phenoxy) is 1. The average Bonchev–Trinajstić information content (AvgIpc) is 3.45. The lowest BCUT2D eigenvalue weighted by molar-refractivity contribution is -0.193. The lowest BCUT2D eigenvalue weighted by atomic mass is 9.75. The van der Waals surface area contributed by atoms with Gasteiger partial charge >= 0.3 is 24.3 Å². The smallest absolute Gasteiger partial charge is 0.475 e. The number of amides is 1. The van der Waals surface area contributed by atoms with E-state index in [9.17, 15) is 39.6 Å². The quantitative estimate of drug-likeness (QED) is 0.436. The number of aliphatic carboxylic acids is 2. The molecule has 19 heteroatoms. The van der Waals surface area contributed by atoms with Crippen LogP contribution in [0.15, 0.2) is 29.4 Å². The summed E-state index contributed by atoms with van der Waals surface area (Å²) < 4.78 is 96.2. The minimum absolute atomic E-state index is 0.0216. The van der Waals surface area contributed by atoms with Crippen LogP contribution in [0, 0.1) is 11.8 Å². The first-order valence-corrected chi connectivity index (χ1v) is 14.3. The number of likely N-dealkylation sites (tertiary alicyclic amines) is 2. The molecule has 0 radical (unpaired) electrons. The van der Waals surface area contributed by atoms with Gasteiger partial charge in [-0.2, -0.15) is 30.6 Å². The van der Waals surface area contributed by atoms with E-state index in [1.807, 2.05) is 11.8 Å². The number of carboxylic acid groups (broad SMARTS) is 2. The summed E-state index contributed by atoms with van der Waals surface area (Å²) in [7, 11) is -1.86. The molecule has 4 rings (SSSR count). The van der Waals surface area contributed by atoms with E-state index < -0.39 is 34.3 Å². The highest BCUT2D eigenvalue weighted by Gasteiger charge is 2.61. The molecule has 3 fully saturated rings. The SMILES string of the molecule is CCN1C(=O)[C@H]2CN(CCOC)C[C@H]2C12CCN(S(=O)(=O)c1cccnc1)CC2.O=C(O)C(F)(F)F.O=C(O)C(F)(F)F. The van der Waals surface area contributed by atoms with E-state index in [4.69, 9.17) is 24.5 Å². The summed E-state index contributed by atoms with van der Waals surface area (Å²) in [5, 5.41) is 14.2. The summed E-state index contributed by atoms with van der Waals surface area (Å²) in [6.45, 7) is 6.73. The summed E-state index contributed by atoms with van der Waals surface area (Å²) in [4.78, 5) is 39.5. The Morgan fingerprint density at radius 3 is 2.02 bits per heavy atom. The van der Waals surface area contributed by atoms with Crippen molar-refractivity contribution in [3.8, 4) is 0 Å². The van der Waals surface area contributed by atoms with Gasteiger partial charge in [0.25, 0.3) is 0 Å². The summed E-state index contributed by atoms with van der Waals surface area (Å²) >= 11 is 0. The fraction of sp³-hybridized carbons (Fsp3) is 0.667. The topological polar surface area (TPSA) is 158 Å². The second-order valence-electron chi connectivity index (χ2n) is 9.85. The second-order valence-corrected chi connectivity index (χ2v) is 11.8. The lowest BCUT2D eigenvalue weighted by Gasteiger charge is -2.47. The number of nitrogens with zero attached hydrogens (tertiary/aromatic N) is 4. The van der Waals surface area contributed by atoms with Gasteiger partial charge in [0.1, 0.15) is 4.90 Å². The van der Waals surface area contributed by atoms with Crippen LogP contribution in [0.5, 0.6) is 0 Å². The zero-order valence-electron chi connectivity index (χ0n) is 23.1. The van der Waals surface area contributed by atoms with Crippen LogP contribution < -0.4 is 0 Å². The van der Waals surface area contributed by atoms with Gasteiger partial charge in [0.05, 0.1) is 18.1 Å². The molecule has 3 saturated heterocycles. The van der Waals surface area contributed by atoms with Crippen LogP contribution in [-0.4, -0.2) is 126 Å². The van der Waals surface area contributed by atoms with Crippen LogP contribution in [0.4, 0.5) is 26.3 Å². The van der Waals surface area contributed by atoms with E-state index in [-0.39, 0.29) is 28.2 Å². The highest BCUT2D eigenvalue weighted by atomic mass is 32.2. The van der Waals surface area contributed by atoms with Crippen molar-refractivity contribution in [1.29, 1.82) is 0 Å². The van der Waals surface area contributed by atoms with Crippen LogP contribution >= 0.6 is 0 Å². The van der Waals surface area contributed by atoms with E-state index in [0.29, 0.717) is 39.1 Å². The molecule has 4 heterocycles. The summed E-state index contributed by atoms with van der Waals surface area (Å²) in [6, 6.07) is 3.23. The molecule has 1 aromatic heterocycles. The largest absolute Gasteiger partial charge is 0.490 e. The molecule has 0 aliphatic carbocycles. The normalized spacial score (nSPS) is 22.3. The highest BCUT2D eigenvalue weighted by molar-refractivity contribution is 7.89. The Hall–Kier alpha value is -3.03. The van der Waals surface area contributed by atoms with E-state index in [2.05, 4.69) is 9.88 Å². The van der Waals surface area contributed by atoms with E-state index in [0.717, 1.165) is 19.6 Å². The van der Waals surface area contributed by atoms with Gasteiger partial charge in [0.15, 0.2) is 0 Å². The number of pyridine rings is 1. The number of halogens is 6. The Balaban J connectivity index is 0.000000384. The molecule has 244 valence electrons. The molecular weight excluding hydrogens is 618 g/mol. The number of piperidine rings is 1. The number of hydrogen-bond donors (Lipinski definition) is 2. The van der Waals surface area contributed by atoms with Crippen LogP contribution in [-0.2, 0) is 29.1 Å². The van der Waals surface area contributed by atoms with Gasteiger partial charge in [-0.15, -0.1) is 0 Å². The molecule has 12 nitrogen and oxygen atoms in total. The monoisotopic (exact) mass is 650 g/mol. The fourth-order valence-electron chi connectivity index (χ4n) is 5.58. The number of carbonyl (C=O) groups excluding carboxylic acids is 1. The van der Waals surface area contributed by atoms with Gasteiger partial charge in [0.2, 0.25) is 15.9 Å². The first-order chi connectivity index (χ1) is 19.8. The number of carboxylic acids is 2. The molecule has 1 amide bonds. The third kappa shape index (κ3) is 8.54. The summed E-state index contributed by atoms with van der Waals surface area (Å²) in [5.41, 5.74) is -0.237. The van der Waals surface area contributed by atoms with Gasteiger partial charge in [-0.25, -0.2) is 18.0 Å². The van der Waals surface area contributed by atoms with Crippen molar-refractivity contribution in [3.63, 3.8) is 0 Å². The molecule has 0 saturated carbocycles. The van der Waals surface area contributed by atoms with Crippen LogP contribution in [0.1, 0.15) is 19.8 Å². The van der Waals surface area contributed by atoms with Gasteiger partial charge < -0.3 is 19.8 Å². The molecule has 1 spiro atoms. The van der Waals surface area contributed by atoms with Crippen molar-refractivity contribution in [2.75, 3.05) is 53.0 Å². The number of carbonyl (C=O) groups is 3. The van der Waals surface area contributed by atoms with Crippen molar-refractivity contribution >= 4 is 27.9 Å². The van der Waals surface area contributed by atoms with E-state index >= 15 is 0 Å². The maximum atomic E-state index is 13.1. The number of methoxy groups -OCH3 is 1.